The van der Waals surface area contributed by atoms with E-state index >= 15 is 0 Å². The molecule has 3 aromatic rings. The zero-order valence-corrected chi connectivity index (χ0v) is 14.9. The van der Waals surface area contributed by atoms with Gasteiger partial charge in [0.25, 0.3) is 0 Å². The molecular weight excluding hydrogens is 380 g/mol. The van der Waals surface area contributed by atoms with Crippen molar-refractivity contribution in [1.82, 2.24) is 9.36 Å². The van der Waals surface area contributed by atoms with E-state index in [4.69, 9.17) is 0 Å². The van der Waals surface area contributed by atoms with Crippen LogP contribution in [0, 0.1) is 11.6 Å². The Balaban J connectivity index is 1.56. The summed E-state index contributed by atoms with van der Waals surface area (Å²) in [5, 5.41) is 12.6. The third-order valence-corrected chi connectivity index (χ3v) is 5.03. The standard InChI is InChI=1S/C17H13F2N3O2S2/c18-11-6-5-10(12(19)8-11)7-15-20-17(26-22-15)21-16(24)9-25-14-4-2-1-3-13(14)23/h1-6,8,23H,7,9H2,(H,20,21,22,24). The number of nitrogens with zero attached hydrogens (tertiary/aromatic N) is 2. The summed E-state index contributed by atoms with van der Waals surface area (Å²) in [7, 11) is 0. The summed E-state index contributed by atoms with van der Waals surface area (Å²) in [6.45, 7) is 0. The number of aromatic nitrogens is 2. The van der Waals surface area contributed by atoms with E-state index in [0.717, 1.165) is 17.6 Å². The van der Waals surface area contributed by atoms with Gasteiger partial charge in [0, 0.05) is 28.9 Å². The van der Waals surface area contributed by atoms with Gasteiger partial charge in [-0.2, -0.15) is 4.37 Å². The third kappa shape index (κ3) is 4.77. The summed E-state index contributed by atoms with van der Waals surface area (Å²) in [5.74, 6) is -1.06. The first-order valence-corrected chi connectivity index (χ1v) is 9.24. The molecule has 0 aliphatic carbocycles. The minimum absolute atomic E-state index is 0.0963. The molecule has 9 heteroatoms. The number of aromatic hydroxyl groups is 1. The number of nitrogens with one attached hydrogen (secondary N) is 1. The first-order chi connectivity index (χ1) is 12.5. The fraction of sp³-hybridized carbons (Fsp3) is 0.118. The van der Waals surface area contributed by atoms with Crippen LogP contribution in [-0.2, 0) is 11.2 Å². The topological polar surface area (TPSA) is 75.1 Å². The molecule has 1 amide bonds. The lowest BCUT2D eigenvalue weighted by Gasteiger charge is -2.03. The summed E-state index contributed by atoms with van der Waals surface area (Å²) in [6.07, 6.45) is 0.102. The first-order valence-electron chi connectivity index (χ1n) is 7.48. The van der Waals surface area contributed by atoms with Crippen LogP contribution in [-0.4, -0.2) is 26.1 Å². The molecule has 0 atom stereocenters. The maximum Gasteiger partial charge on any atom is 0.236 e. The van der Waals surface area contributed by atoms with Gasteiger partial charge in [0.2, 0.25) is 11.0 Å². The number of amides is 1. The van der Waals surface area contributed by atoms with Crippen LogP contribution in [0.15, 0.2) is 47.4 Å². The number of phenolic OH excluding ortho intramolecular Hbond substituents is 1. The average Bonchev–Trinajstić information content (AvgIpc) is 3.04. The Morgan fingerprint density at radius 2 is 2.04 bits per heavy atom. The number of benzene rings is 2. The zero-order chi connectivity index (χ0) is 18.5. The van der Waals surface area contributed by atoms with Crippen molar-refractivity contribution in [2.24, 2.45) is 0 Å². The Morgan fingerprint density at radius 1 is 1.23 bits per heavy atom. The Labute approximate surface area is 156 Å². The van der Waals surface area contributed by atoms with Gasteiger partial charge >= 0.3 is 0 Å². The van der Waals surface area contributed by atoms with Crippen molar-refractivity contribution in [1.29, 1.82) is 0 Å². The number of carbonyl (C=O) groups excluding carboxylic acids is 1. The Bertz CT molecular complexity index is 934. The Hall–Kier alpha value is -2.52. The predicted molar refractivity (Wildman–Crippen MR) is 96.5 cm³/mol. The van der Waals surface area contributed by atoms with Gasteiger partial charge in [-0.1, -0.05) is 18.2 Å². The van der Waals surface area contributed by atoms with E-state index in [2.05, 4.69) is 14.7 Å². The van der Waals surface area contributed by atoms with Crippen LogP contribution < -0.4 is 5.32 Å². The van der Waals surface area contributed by atoms with E-state index in [-0.39, 0.29) is 29.4 Å². The molecule has 0 aliphatic rings. The summed E-state index contributed by atoms with van der Waals surface area (Å²) in [4.78, 5) is 16.7. The molecule has 0 saturated heterocycles. The summed E-state index contributed by atoms with van der Waals surface area (Å²) >= 11 is 2.18. The van der Waals surface area contributed by atoms with E-state index in [1.165, 1.54) is 23.9 Å². The van der Waals surface area contributed by atoms with Gasteiger partial charge in [-0.25, -0.2) is 13.8 Å². The van der Waals surface area contributed by atoms with Gasteiger partial charge in [-0.05, 0) is 23.8 Å². The maximum absolute atomic E-state index is 13.7. The lowest BCUT2D eigenvalue weighted by molar-refractivity contribution is -0.113. The largest absolute Gasteiger partial charge is 0.507 e. The number of thioether (sulfide) groups is 1. The van der Waals surface area contributed by atoms with Crippen LogP contribution >= 0.6 is 23.3 Å². The third-order valence-electron chi connectivity index (χ3n) is 3.30. The average molecular weight is 393 g/mol. The quantitative estimate of drug-likeness (QED) is 0.623. The van der Waals surface area contributed by atoms with Gasteiger partial charge in [0.1, 0.15) is 23.2 Å². The number of rotatable bonds is 6. The van der Waals surface area contributed by atoms with Gasteiger partial charge in [-0.15, -0.1) is 11.8 Å². The van der Waals surface area contributed by atoms with Crippen molar-refractivity contribution < 1.29 is 18.7 Å². The van der Waals surface area contributed by atoms with Gasteiger partial charge in [0.05, 0.1) is 5.75 Å². The SMILES string of the molecule is O=C(CSc1ccccc1O)Nc1nc(Cc2ccc(F)cc2F)ns1. The fourth-order valence-corrected chi connectivity index (χ4v) is 3.44. The van der Waals surface area contributed by atoms with Crippen LogP contribution in [0.2, 0.25) is 0 Å². The van der Waals surface area contributed by atoms with Crippen molar-refractivity contribution in [3.63, 3.8) is 0 Å². The van der Waals surface area contributed by atoms with Crippen molar-refractivity contribution in [3.05, 3.63) is 65.5 Å². The van der Waals surface area contributed by atoms with E-state index in [1.807, 2.05) is 0 Å². The molecule has 0 saturated carbocycles. The lowest BCUT2D eigenvalue weighted by atomic mass is 10.1. The molecule has 3 rings (SSSR count). The van der Waals surface area contributed by atoms with Crippen LogP contribution in [0.3, 0.4) is 0 Å². The minimum Gasteiger partial charge on any atom is -0.507 e. The van der Waals surface area contributed by atoms with E-state index < -0.39 is 11.6 Å². The molecule has 2 aromatic carbocycles. The highest BCUT2D eigenvalue weighted by atomic mass is 32.2. The Kier molecular flexibility index (Phi) is 5.79. The van der Waals surface area contributed by atoms with Crippen molar-refractivity contribution in [2.75, 3.05) is 11.1 Å². The lowest BCUT2D eigenvalue weighted by Crippen LogP contribution is -2.13. The summed E-state index contributed by atoms with van der Waals surface area (Å²) in [5.41, 5.74) is 0.275. The number of para-hydroxylation sites is 1. The van der Waals surface area contributed by atoms with E-state index in [1.54, 1.807) is 24.3 Å². The molecule has 0 radical (unpaired) electrons. The number of hydrogen-bond acceptors (Lipinski definition) is 6. The number of carbonyl (C=O) groups is 1. The first kappa shape index (κ1) is 18.3. The Morgan fingerprint density at radius 3 is 2.81 bits per heavy atom. The van der Waals surface area contributed by atoms with E-state index in [0.29, 0.717) is 15.9 Å². The molecule has 26 heavy (non-hydrogen) atoms. The number of halogens is 2. The van der Waals surface area contributed by atoms with Crippen molar-refractivity contribution in [3.8, 4) is 5.75 Å². The molecule has 2 N–H and O–H groups in total. The summed E-state index contributed by atoms with van der Waals surface area (Å²) in [6, 6.07) is 10.0. The molecule has 0 fully saturated rings. The molecule has 1 heterocycles. The highest BCUT2D eigenvalue weighted by molar-refractivity contribution is 8.00. The molecule has 5 nitrogen and oxygen atoms in total. The van der Waals surface area contributed by atoms with Gasteiger partial charge in [-0.3, -0.25) is 10.1 Å². The highest BCUT2D eigenvalue weighted by Crippen LogP contribution is 2.27. The second kappa shape index (κ2) is 8.24. The number of anilines is 1. The van der Waals surface area contributed by atoms with Crippen LogP contribution in [0.1, 0.15) is 11.4 Å². The van der Waals surface area contributed by atoms with Crippen molar-refractivity contribution in [2.45, 2.75) is 11.3 Å². The van der Waals surface area contributed by atoms with Crippen LogP contribution in [0.25, 0.3) is 0 Å². The second-order valence-electron chi connectivity index (χ2n) is 5.23. The molecule has 0 unspecified atom stereocenters. The summed E-state index contributed by atoms with van der Waals surface area (Å²) < 4.78 is 30.7. The van der Waals surface area contributed by atoms with Crippen molar-refractivity contribution >= 4 is 34.3 Å². The van der Waals surface area contributed by atoms with Gasteiger partial charge < -0.3 is 5.11 Å². The predicted octanol–water partition coefficient (Wildman–Crippen LogP) is 3.84. The second-order valence-corrected chi connectivity index (χ2v) is 7.00. The molecule has 0 bridgehead atoms. The molecule has 134 valence electrons. The monoisotopic (exact) mass is 393 g/mol. The fourth-order valence-electron chi connectivity index (χ4n) is 2.09. The van der Waals surface area contributed by atoms with Crippen LogP contribution in [0.4, 0.5) is 13.9 Å². The molecule has 1 aromatic heterocycles. The molecule has 0 spiro atoms. The van der Waals surface area contributed by atoms with Crippen LogP contribution in [0.5, 0.6) is 5.75 Å². The molecule has 0 aliphatic heterocycles. The minimum atomic E-state index is -0.663. The zero-order valence-electron chi connectivity index (χ0n) is 13.3. The number of phenols is 1. The van der Waals surface area contributed by atoms with Gasteiger partial charge in [0.15, 0.2) is 0 Å². The smallest absolute Gasteiger partial charge is 0.236 e. The highest BCUT2D eigenvalue weighted by Gasteiger charge is 2.12. The number of hydrogen-bond donors (Lipinski definition) is 2. The normalized spacial score (nSPS) is 10.7. The molecular formula is C17H13F2N3O2S2. The van der Waals surface area contributed by atoms with E-state index in [9.17, 15) is 18.7 Å². The maximum atomic E-state index is 13.7.